The Morgan fingerprint density at radius 3 is 2.65 bits per heavy atom. The van der Waals surface area contributed by atoms with Gasteiger partial charge in [-0.3, -0.25) is 4.79 Å². The Bertz CT molecular complexity index is 595. The van der Waals surface area contributed by atoms with Crippen LogP contribution in [-0.4, -0.2) is 14.2 Å². The van der Waals surface area contributed by atoms with Crippen molar-refractivity contribution in [1.82, 2.24) is 0 Å². The highest BCUT2D eigenvalue weighted by molar-refractivity contribution is 7.81. The highest BCUT2D eigenvalue weighted by Crippen LogP contribution is 2.40. The minimum Gasteiger partial charge on any atom is -0.358 e. The summed E-state index contributed by atoms with van der Waals surface area (Å²) in [5, 5.41) is 0. The lowest BCUT2D eigenvalue weighted by Gasteiger charge is -2.08. The zero-order valence-corrected chi connectivity index (χ0v) is 9.55. The van der Waals surface area contributed by atoms with Gasteiger partial charge in [0.1, 0.15) is 5.82 Å². The van der Waals surface area contributed by atoms with Crippen molar-refractivity contribution in [2.45, 2.75) is 19.3 Å². The maximum absolute atomic E-state index is 13.5. The first-order valence-corrected chi connectivity index (χ1v) is 6.10. The summed E-state index contributed by atoms with van der Waals surface area (Å²) in [5.41, 5.74) is -0.102. The topological polar surface area (TPSA) is 60.4 Å². The van der Waals surface area contributed by atoms with E-state index in [1.807, 2.05) is 0 Å². The lowest BCUT2D eigenvalue weighted by molar-refractivity contribution is 0.0989. The number of rotatable bonds is 2. The van der Waals surface area contributed by atoms with Gasteiger partial charge in [0.05, 0.1) is 5.56 Å². The molecule has 1 aromatic carbocycles. The van der Waals surface area contributed by atoms with Crippen LogP contribution in [0.2, 0.25) is 0 Å². The summed E-state index contributed by atoms with van der Waals surface area (Å²) < 4.78 is 50.7. The second kappa shape index (κ2) is 3.76. The molecule has 0 heterocycles. The number of benzene rings is 1. The van der Waals surface area contributed by atoms with Gasteiger partial charge in [-0.15, -0.1) is 0 Å². The molecule has 0 spiro atoms. The molecule has 0 saturated heterocycles. The van der Waals surface area contributed by atoms with Crippen LogP contribution in [0.1, 0.15) is 35.2 Å². The average Bonchev–Trinajstić information content (AvgIpc) is 2.46. The summed E-state index contributed by atoms with van der Waals surface area (Å²) >= 11 is 0. The van der Waals surface area contributed by atoms with Gasteiger partial charge in [0, 0.05) is 12.0 Å². The fourth-order valence-corrected chi connectivity index (χ4v) is 2.36. The van der Waals surface area contributed by atoms with Gasteiger partial charge in [-0.25, -0.2) is 4.39 Å². The van der Waals surface area contributed by atoms with Gasteiger partial charge < -0.3 is 4.18 Å². The largest absolute Gasteiger partial charge is 0.488 e. The Morgan fingerprint density at radius 1 is 1.41 bits per heavy atom. The normalized spacial score (nSPS) is 19.2. The van der Waals surface area contributed by atoms with Gasteiger partial charge in [-0.05, 0) is 18.1 Å². The molecule has 2 rings (SSSR count). The van der Waals surface area contributed by atoms with Crippen molar-refractivity contribution in [3.8, 4) is 5.75 Å². The van der Waals surface area contributed by atoms with E-state index in [1.165, 1.54) is 0 Å². The standard InChI is InChI=1S/C10H8F2O4S/c1-5-4-7(13)10-8(16-17(12,14)15)3-2-6(11)9(5)10/h2-3,5H,4H2,1H3. The highest BCUT2D eigenvalue weighted by Gasteiger charge is 2.33. The molecule has 1 aliphatic carbocycles. The third-order valence-electron chi connectivity index (χ3n) is 2.61. The van der Waals surface area contributed by atoms with E-state index in [0.29, 0.717) is 0 Å². The summed E-state index contributed by atoms with van der Waals surface area (Å²) in [6, 6.07) is 1.88. The Balaban J connectivity index is 2.62. The van der Waals surface area contributed by atoms with E-state index in [-0.39, 0.29) is 23.5 Å². The maximum Gasteiger partial charge on any atom is 0.488 e. The lowest BCUT2D eigenvalue weighted by atomic mass is 10.0. The van der Waals surface area contributed by atoms with Crippen LogP contribution in [0.4, 0.5) is 8.28 Å². The van der Waals surface area contributed by atoms with Crippen molar-refractivity contribution >= 4 is 16.3 Å². The Kier molecular flexibility index (Phi) is 2.65. The fraction of sp³-hybridized carbons (Fsp3) is 0.300. The number of carbonyl (C=O) groups is 1. The molecule has 0 fully saturated rings. The molecule has 0 bridgehead atoms. The van der Waals surface area contributed by atoms with Crippen molar-refractivity contribution in [2.75, 3.05) is 0 Å². The van der Waals surface area contributed by atoms with E-state index in [9.17, 15) is 21.5 Å². The lowest BCUT2D eigenvalue weighted by Crippen LogP contribution is -2.06. The van der Waals surface area contributed by atoms with Crippen molar-refractivity contribution in [3.05, 3.63) is 29.1 Å². The summed E-state index contributed by atoms with van der Waals surface area (Å²) in [7, 11) is -5.23. The monoisotopic (exact) mass is 262 g/mol. The van der Waals surface area contributed by atoms with Crippen LogP contribution in [0.5, 0.6) is 5.75 Å². The summed E-state index contributed by atoms with van der Waals surface area (Å²) in [6.07, 6.45) is 0.0545. The van der Waals surface area contributed by atoms with Gasteiger partial charge in [-0.1, -0.05) is 10.8 Å². The van der Waals surface area contributed by atoms with Crippen molar-refractivity contribution in [2.24, 2.45) is 0 Å². The first-order valence-electron chi connectivity index (χ1n) is 4.79. The minimum atomic E-state index is -5.23. The average molecular weight is 262 g/mol. The number of fused-ring (bicyclic) bond motifs is 1. The molecule has 1 unspecified atom stereocenters. The molecule has 17 heavy (non-hydrogen) atoms. The number of Topliss-reactive ketones (excluding diaryl/α,β-unsaturated/α-hetero) is 1. The summed E-state index contributed by atoms with van der Waals surface area (Å²) in [5.74, 6) is -1.91. The quantitative estimate of drug-likeness (QED) is 0.766. The number of halogens is 2. The van der Waals surface area contributed by atoms with Gasteiger partial charge in [0.2, 0.25) is 0 Å². The zero-order chi connectivity index (χ0) is 12.8. The molecule has 1 aromatic rings. The molecule has 1 atom stereocenters. The second-order valence-corrected chi connectivity index (χ2v) is 4.79. The molecule has 0 radical (unpaired) electrons. The molecule has 0 amide bonds. The Hall–Kier alpha value is -1.50. The molecule has 4 nitrogen and oxygen atoms in total. The number of carbonyl (C=O) groups excluding carboxylic acids is 1. The molecular formula is C10H8F2O4S. The molecule has 7 heteroatoms. The van der Waals surface area contributed by atoms with Crippen LogP contribution in [0.15, 0.2) is 12.1 Å². The van der Waals surface area contributed by atoms with E-state index in [2.05, 4.69) is 4.18 Å². The van der Waals surface area contributed by atoms with Crippen LogP contribution in [-0.2, 0) is 10.5 Å². The Labute approximate surface area is 96.6 Å². The van der Waals surface area contributed by atoms with Crippen molar-refractivity contribution in [1.29, 1.82) is 0 Å². The predicted molar refractivity (Wildman–Crippen MR) is 54.4 cm³/mol. The number of ketones is 1. The Morgan fingerprint density at radius 2 is 2.06 bits per heavy atom. The SMILES string of the molecule is CC1CC(=O)c2c(OS(=O)(=O)F)ccc(F)c21. The van der Waals surface area contributed by atoms with Crippen LogP contribution >= 0.6 is 0 Å². The van der Waals surface area contributed by atoms with Crippen LogP contribution in [0.3, 0.4) is 0 Å². The highest BCUT2D eigenvalue weighted by atomic mass is 32.3. The van der Waals surface area contributed by atoms with E-state index in [1.54, 1.807) is 6.92 Å². The van der Waals surface area contributed by atoms with Crippen LogP contribution in [0.25, 0.3) is 0 Å². The summed E-state index contributed by atoms with van der Waals surface area (Å²) in [4.78, 5) is 11.6. The third kappa shape index (κ3) is 2.14. The zero-order valence-electron chi connectivity index (χ0n) is 8.74. The maximum atomic E-state index is 13.5. The van der Waals surface area contributed by atoms with Gasteiger partial charge in [-0.2, -0.15) is 8.42 Å². The van der Waals surface area contributed by atoms with Crippen molar-refractivity contribution in [3.63, 3.8) is 0 Å². The molecule has 1 aliphatic rings. The second-order valence-electron chi connectivity index (χ2n) is 3.84. The third-order valence-corrected chi connectivity index (χ3v) is 2.99. The van der Waals surface area contributed by atoms with E-state index < -0.39 is 27.9 Å². The van der Waals surface area contributed by atoms with E-state index >= 15 is 0 Å². The van der Waals surface area contributed by atoms with Crippen molar-refractivity contribution < 1.29 is 25.7 Å². The van der Waals surface area contributed by atoms with Gasteiger partial charge in [0.15, 0.2) is 11.5 Å². The number of hydrogen-bond acceptors (Lipinski definition) is 4. The molecule has 0 aliphatic heterocycles. The molecular weight excluding hydrogens is 254 g/mol. The van der Waals surface area contributed by atoms with E-state index in [4.69, 9.17) is 0 Å². The van der Waals surface area contributed by atoms with E-state index in [0.717, 1.165) is 12.1 Å². The first-order chi connectivity index (χ1) is 7.79. The smallest absolute Gasteiger partial charge is 0.358 e. The fourth-order valence-electron chi connectivity index (χ4n) is 2.00. The van der Waals surface area contributed by atoms with Gasteiger partial charge in [0.25, 0.3) is 0 Å². The van der Waals surface area contributed by atoms with Gasteiger partial charge >= 0.3 is 10.5 Å². The summed E-state index contributed by atoms with van der Waals surface area (Å²) in [6.45, 7) is 1.63. The molecule has 0 saturated carbocycles. The molecule has 92 valence electrons. The minimum absolute atomic E-state index is 0.0545. The molecule has 0 aromatic heterocycles. The van der Waals surface area contributed by atoms with Crippen LogP contribution < -0.4 is 4.18 Å². The van der Waals surface area contributed by atoms with Crippen LogP contribution in [0, 0.1) is 5.82 Å². The predicted octanol–water partition coefficient (Wildman–Crippen LogP) is 2.11. The number of hydrogen-bond donors (Lipinski definition) is 0. The molecule has 0 N–H and O–H groups in total. The first kappa shape index (κ1) is 12.0.